The summed E-state index contributed by atoms with van der Waals surface area (Å²) in [6.07, 6.45) is 0. The van der Waals surface area contributed by atoms with Gasteiger partial charge in [0.1, 0.15) is 18.2 Å². The first-order valence-electron chi connectivity index (χ1n) is 7.37. The Hall–Kier alpha value is -3.00. The predicted molar refractivity (Wildman–Crippen MR) is 89.0 cm³/mol. The van der Waals surface area contributed by atoms with E-state index in [0.29, 0.717) is 5.75 Å². The molecule has 0 radical (unpaired) electrons. The van der Waals surface area contributed by atoms with E-state index in [4.69, 9.17) is 4.74 Å². The van der Waals surface area contributed by atoms with E-state index in [0.717, 1.165) is 0 Å². The van der Waals surface area contributed by atoms with E-state index < -0.39 is 22.2 Å². The third kappa shape index (κ3) is 4.51. The first kappa shape index (κ1) is 18.3. The minimum Gasteiger partial charge on any atom is -0.490 e. The topological polar surface area (TPSA) is 102 Å². The average Bonchev–Trinajstić information content (AvgIpc) is 2.56. The lowest BCUT2D eigenvalue weighted by atomic mass is 10.1. The molecule has 0 spiro atoms. The van der Waals surface area contributed by atoms with Gasteiger partial charge in [-0.15, -0.1) is 0 Å². The fourth-order valence-corrected chi connectivity index (χ4v) is 2.03. The minimum absolute atomic E-state index is 0.139. The standard InChI is InChI=1S/C17H17FN2O5/c1-11-14(4-3-5-15(11)20(23)24)19-16(21)17(2,22)10-25-13-8-6-12(18)7-9-13/h3-9,22H,10H2,1-2H3,(H,19,21). The lowest BCUT2D eigenvalue weighted by Crippen LogP contribution is -2.45. The number of nitro benzene ring substituents is 1. The summed E-state index contributed by atoms with van der Waals surface area (Å²) in [6.45, 7) is 2.37. The molecule has 132 valence electrons. The predicted octanol–water partition coefficient (Wildman–Crippen LogP) is 2.81. The number of rotatable bonds is 6. The molecule has 2 aromatic carbocycles. The Morgan fingerprint density at radius 1 is 1.32 bits per heavy atom. The van der Waals surface area contributed by atoms with Gasteiger partial charge in [-0.3, -0.25) is 14.9 Å². The monoisotopic (exact) mass is 348 g/mol. The van der Waals surface area contributed by atoms with Crippen LogP contribution in [0.1, 0.15) is 12.5 Å². The van der Waals surface area contributed by atoms with E-state index in [2.05, 4.69) is 5.32 Å². The second-order valence-electron chi connectivity index (χ2n) is 5.68. The Bertz CT molecular complexity index is 790. The Morgan fingerprint density at radius 2 is 1.96 bits per heavy atom. The number of nitro groups is 1. The number of anilines is 1. The molecule has 0 aliphatic carbocycles. The SMILES string of the molecule is Cc1c(NC(=O)C(C)(O)COc2ccc(F)cc2)cccc1[N+](=O)[O-]. The lowest BCUT2D eigenvalue weighted by molar-refractivity contribution is -0.385. The van der Waals surface area contributed by atoms with Crippen molar-refractivity contribution in [2.45, 2.75) is 19.4 Å². The number of halogens is 1. The van der Waals surface area contributed by atoms with Crippen molar-refractivity contribution >= 4 is 17.3 Å². The highest BCUT2D eigenvalue weighted by molar-refractivity contribution is 5.97. The smallest absolute Gasteiger partial charge is 0.274 e. The van der Waals surface area contributed by atoms with Gasteiger partial charge in [-0.1, -0.05) is 6.07 Å². The largest absolute Gasteiger partial charge is 0.490 e. The van der Waals surface area contributed by atoms with Gasteiger partial charge in [-0.25, -0.2) is 4.39 Å². The van der Waals surface area contributed by atoms with Crippen LogP contribution in [0.4, 0.5) is 15.8 Å². The van der Waals surface area contributed by atoms with Gasteiger partial charge in [0.15, 0.2) is 5.60 Å². The third-order valence-electron chi connectivity index (χ3n) is 3.57. The molecule has 1 atom stereocenters. The lowest BCUT2D eigenvalue weighted by Gasteiger charge is -2.23. The van der Waals surface area contributed by atoms with Gasteiger partial charge in [0, 0.05) is 6.07 Å². The molecule has 0 aliphatic heterocycles. The second-order valence-corrected chi connectivity index (χ2v) is 5.68. The van der Waals surface area contributed by atoms with Crippen molar-refractivity contribution in [2.24, 2.45) is 0 Å². The van der Waals surface area contributed by atoms with Crippen LogP contribution in [0.2, 0.25) is 0 Å². The molecule has 0 saturated heterocycles. The van der Waals surface area contributed by atoms with Crippen molar-refractivity contribution in [3.05, 3.63) is 64.0 Å². The molecule has 7 nitrogen and oxygen atoms in total. The molecular weight excluding hydrogens is 331 g/mol. The normalized spacial score (nSPS) is 13.0. The first-order chi connectivity index (χ1) is 11.7. The summed E-state index contributed by atoms with van der Waals surface area (Å²) in [4.78, 5) is 22.7. The van der Waals surface area contributed by atoms with Crippen LogP contribution in [0.3, 0.4) is 0 Å². The number of hydrogen-bond acceptors (Lipinski definition) is 5. The molecule has 0 bridgehead atoms. The Morgan fingerprint density at radius 3 is 2.56 bits per heavy atom. The Labute approximate surface area is 143 Å². The zero-order valence-electron chi connectivity index (χ0n) is 13.7. The molecule has 2 aromatic rings. The molecule has 1 unspecified atom stereocenters. The summed E-state index contributed by atoms with van der Waals surface area (Å²) >= 11 is 0. The number of ether oxygens (including phenoxy) is 1. The molecule has 0 fully saturated rings. The van der Waals surface area contributed by atoms with Gasteiger partial charge < -0.3 is 15.2 Å². The van der Waals surface area contributed by atoms with Gasteiger partial charge in [0.05, 0.1) is 16.2 Å². The van der Waals surface area contributed by atoms with Crippen LogP contribution in [-0.2, 0) is 4.79 Å². The van der Waals surface area contributed by atoms with E-state index in [9.17, 15) is 24.4 Å². The van der Waals surface area contributed by atoms with Crippen LogP contribution in [0.25, 0.3) is 0 Å². The summed E-state index contributed by atoms with van der Waals surface area (Å²) in [5.41, 5.74) is -1.54. The Kier molecular flexibility index (Phi) is 5.33. The molecule has 2 N–H and O–H groups in total. The number of aliphatic hydroxyl groups is 1. The van der Waals surface area contributed by atoms with Gasteiger partial charge in [-0.2, -0.15) is 0 Å². The number of hydrogen-bond donors (Lipinski definition) is 2. The van der Waals surface area contributed by atoms with Gasteiger partial charge in [0.25, 0.3) is 11.6 Å². The van der Waals surface area contributed by atoms with E-state index in [-0.39, 0.29) is 23.5 Å². The van der Waals surface area contributed by atoms with Gasteiger partial charge >= 0.3 is 0 Å². The summed E-state index contributed by atoms with van der Waals surface area (Å²) in [6, 6.07) is 9.37. The van der Waals surface area contributed by atoms with Crippen LogP contribution in [-0.4, -0.2) is 28.1 Å². The summed E-state index contributed by atoms with van der Waals surface area (Å²) < 4.78 is 18.1. The second kappa shape index (κ2) is 7.27. The number of carbonyl (C=O) groups excluding carboxylic acids is 1. The minimum atomic E-state index is -1.90. The number of benzene rings is 2. The molecule has 1 amide bonds. The van der Waals surface area contributed by atoms with Crippen molar-refractivity contribution in [3.8, 4) is 5.75 Å². The van der Waals surface area contributed by atoms with Crippen molar-refractivity contribution < 1.29 is 24.0 Å². The molecule has 2 rings (SSSR count). The number of nitrogens with zero attached hydrogens (tertiary/aromatic N) is 1. The zero-order valence-corrected chi connectivity index (χ0v) is 13.7. The van der Waals surface area contributed by atoms with E-state index in [1.165, 1.54) is 56.3 Å². The maximum atomic E-state index is 12.8. The highest BCUT2D eigenvalue weighted by Crippen LogP contribution is 2.26. The van der Waals surface area contributed by atoms with Crippen molar-refractivity contribution in [3.63, 3.8) is 0 Å². The fraction of sp³-hybridized carbons (Fsp3) is 0.235. The van der Waals surface area contributed by atoms with Crippen LogP contribution < -0.4 is 10.1 Å². The van der Waals surface area contributed by atoms with Crippen molar-refractivity contribution in [1.82, 2.24) is 0 Å². The molecule has 0 saturated carbocycles. The maximum Gasteiger partial charge on any atom is 0.274 e. The van der Waals surface area contributed by atoms with Gasteiger partial charge in [-0.05, 0) is 44.2 Å². The third-order valence-corrected chi connectivity index (χ3v) is 3.57. The fourth-order valence-electron chi connectivity index (χ4n) is 2.03. The number of nitrogens with one attached hydrogen (secondary N) is 1. The van der Waals surface area contributed by atoms with Crippen molar-refractivity contribution in [2.75, 3.05) is 11.9 Å². The van der Waals surface area contributed by atoms with Crippen LogP contribution >= 0.6 is 0 Å². The van der Waals surface area contributed by atoms with E-state index in [1.54, 1.807) is 0 Å². The van der Waals surface area contributed by atoms with Crippen molar-refractivity contribution in [1.29, 1.82) is 0 Å². The van der Waals surface area contributed by atoms with Crippen LogP contribution in [0.15, 0.2) is 42.5 Å². The molecule has 0 aliphatic rings. The summed E-state index contributed by atoms with van der Waals surface area (Å²) in [5.74, 6) is -0.919. The highest BCUT2D eigenvalue weighted by Gasteiger charge is 2.32. The number of carbonyl (C=O) groups is 1. The molecule has 8 heteroatoms. The summed E-state index contributed by atoms with van der Waals surface area (Å²) in [7, 11) is 0. The van der Waals surface area contributed by atoms with Crippen LogP contribution in [0, 0.1) is 22.9 Å². The molecule has 25 heavy (non-hydrogen) atoms. The molecular formula is C17H17FN2O5. The van der Waals surface area contributed by atoms with Gasteiger partial charge in [0.2, 0.25) is 0 Å². The average molecular weight is 348 g/mol. The number of amides is 1. The first-order valence-corrected chi connectivity index (χ1v) is 7.37. The highest BCUT2D eigenvalue weighted by atomic mass is 19.1. The summed E-state index contributed by atoms with van der Waals surface area (Å²) in [5, 5.41) is 23.7. The zero-order chi connectivity index (χ0) is 18.6. The van der Waals surface area contributed by atoms with Crippen LogP contribution in [0.5, 0.6) is 5.75 Å². The Balaban J connectivity index is 2.07. The maximum absolute atomic E-state index is 12.8. The van der Waals surface area contributed by atoms with E-state index in [1.807, 2.05) is 0 Å². The molecule has 0 heterocycles. The molecule has 0 aromatic heterocycles. The quantitative estimate of drug-likeness (QED) is 0.617. The van der Waals surface area contributed by atoms with E-state index >= 15 is 0 Å².